The van der Waals surface area contributed by atoms with Crippen molar-refractivity contribution in [2.45, 2.75) is 63.2 Å². The van der Waals surface area contributed by atoms with Gasteiger partial charge in [-0.15, -0.1) is 0 Å². The van der Waals surface area contributed by atoms with E-state index in [1.807, 2.05) is 0 Å². The highest BCUT2D eigenvalue weighted by Crippen LogP contribution is 2.59. The van der Waals surface area contributed by atoms with Gasteiger partial charge in [-0.1, -0.05) is 32.5 Å². The summed E-state index contributed by atoms with van der Waals surface area (Å²) < 4.78 is 5.19. The Morgan fingerprint density at radius 2 is 1.89 bits per heavy atom. The number of rotatable bonds is 2. The molecule has 108 valence electrons. The Balaban J connectivity index is 2.47. The maximum absolute atomic E-state index is 12.6. The van der Waals surface area contributed by atoms with Gasteiger partial charge in [-0.2, -0.15) is 0 Å². The fourth-order valence-electron chi connectivity index (χ4n) is 4.47. The number of esters is 1. The van der Waals surface area contributed by atoms with Crippen molar-refractivity contribution >= 4 is 19.8 Å². The molecule has 0 saturated heterocycles. The molecule has 0 spiro atoms. The molecule has 0 aromatic heterocycles. The number of carbonyl (C=O) groups is 2. The Morgan fingerprint density at radius 1 is 1.26 bits per heavy atom. The van der Waals surface area contributed by atoms with E-state index in [2.05, 4.69) is 19.6 Å². The minimum Gasteiger partial charge on any atom is -0.469 e. The Morgan fingerprint density at radius 3 is 2.47 bits per heavy atom. The van der Waals surface area contributed by atoms with Crippen molar-refractivity contribution in [2.24, 2.45) is 11.8 Å². The lowest BCUT2D eigenvalue weighted by Gasteiger charge is -2.53. The van der Waals surface area contributed by atoms with Crippen molar-refractivity contribution in [2.75, 3.05) is 7.11 Å². The lowest BCUT2D eigenvalue weighted by atomic mass is 9.64. The van der Waals surface area contributed by atoms with Crippen molar-refractivity contribution in [3.8, 4) is 0 Å². The summed E-state index contributed by atoms with van der Waals surface area (Å²) in [5.74, 6) is 0.702. The zero-order valence-corrected chi connectivity index (χ0v) is 13.6. The molecule has 0 aromatic rings. The van der Waals surface area contributed by atoms with E-state index in [4.69, 9.17) is 4.74 Å². The van der Waals surface area contributed by atoms with Crippen molar-refractivity contribution in [3.05, 3.63) is 0 Å². The monoisotopic (exact) mass is 282 g/mol. The molecule has 0 aromatic carbocycles. The van der Waals surface area contributed by atoms with Crippen LogP contribution in [0, 0.1) is 11.8 Å². The van der Waals surface area contributed by atoms with Crippen molar-refractivity contribution in [1.82, 2.24) is 0 Å². The lowest BCUT2D eigenvalue weighted by molar-refractivity contribution is -0.151. The van der Waals surface area contributed by atoms with Gasteiger partial charge in [0.1, 0.15) is 5.78 Å². The lowest BCUT2D eigenvalue weighted by Crippen LogP contribution is -2.56. The fourth-order valence-corrected chi connectivity index (χ4v) is 7.52. The van der Waals surface area contributed by atoms with Gasteiger partial charge in [-0.3, -0.25) is 9.59 Å². The molecule has 2 fully saturated rings. The van der Waals surface area contributed by atoms with Crippen LogP contribution in [0.5, 0.6) is 0 Å². The fraction of sp³-hybridized carbons (Fsp3) is 0.867. The first kappa shape index (κ1) is 14.8. The second-order valence-corrected chi connectivity index (χ2v) is 12.6. The van der Waals surface area contributed by atoms with Crippen LogP contribution < -0.4 is 0 Å². The number of Topliss-reactive ketones (excluding diaryl/α,β-unsaturated/α-hetero) is 1. The number of hydrogen-bond donors (Lipinski definition) is 0. The first-order valence-corrected chi connectivity index (χ1v) is 11.0. The van der Waals surface area contributed by atoms with Crippen molar-refractivity contribution in [1.29, 1.82) is 0 Å². The molecule has 2 saturated carbocycles. The number of carbonyl (C=O) groups excluding carboxylic acids is 2. The van der Waals surface area contributed by atoms with Gasteiger partial charge in [-0.05, 0) is 25.2 Å². The summed E-state index contributed by atoms with van der Waals surface area (Å²) in [5, 5.41) is -0.346. The van der Waals surface area contributed by atoms with Gasteiger partial charge in [-0.25, -0.2) is 0 Å². The second-order valence-electron chi connectivity index (χ2n) is 7.18. The summed E-state index contributed by atoms with van der Waals surface area (Å²) in [6.45, 7) is 6.77. The van der Waals surface area contributed by atoms with Gasteiger partial charge < -0.3 is 4.74 Å². The molecular formula is C15H26O3Si. The number of ether oxygens (including phenoxy) is 1. The number of ketones is 1. The molecule has 0 aliphatic heterocycles. The third-order valence-electron chi connectivity index (χ3n) is 5.47. The minimum absolute atomic E-state index is 0.0453. The van der Waals surface area contributed by atoms with Crippen molar-refractivity contribution < 1.29 is 14.3 Å². The summed E-state index contributed by atoms with van der Waals surface area (Å²) in [6, 6.07) is 0. The molecule has 4 heteroatoms. The molecular weight excluding hydrogens is 256 g/mol. The molecule has 2 aliphatic rings. The van der Waals surface area contributed by atoms with E-state index in [1.165, 1.54) is 7.11 Å². The average Bonchev–Trinajstić information content (AvgIpc) is 2.37. The van der Waals surface area contributed by atoms with E-state index in [-0.39, 0.29) is 22.8 Å². The molecule has 0 bridgehead atoms. The normalized spacial score (nSPS) is 35.7. The average molecular weight is 282 g/mol. The number of hydrogen-bond acceptors (Lipinski definition) is 3. The van der Waals surface area contributed by atoms with Crippen LogP contribution in [0.2, 0.25) is 24.7 Å². The summed E-state index contributed by atoms with van der Waals surface area (Å²) in [5.41, 5.74) is 0. The Kier molecular flexibility index (Phi) is 3.91. The molecule has 2 rings (SSSR count). The van der Waals surface area contributed by atoms with E-state index < -0.39 is 8.07 Å². The highest BCUT2D eigenvalue weighted by molar-refractivity contribution is 6.82. The summed E-state index contributed by atoms with van der Waals surface area (Å²) in [6.07, 6.45) is 5.58. The molecule has 0 N–H and O–H groups in total. The van der Waals surface area contributed by atoms with Gasteiger partial charge in [0.05, 0.1) is 20.2 Å². The molecule has 3 unspecified atom stereocenters. The van der Waals surface area contributed by atoms with E-state index in [9.17, 15) is 9.59 Å². The molecule has 2 aliphatic carbocycles. The van der Waals surface area contributed by atoms with E-state index in [0.29, 0.717) is 12.2 Å². The van der Waals surface area contributed by atoms with Crippen LogP contribution in [0.4, 0.5) is 0 Å². The third-order valence-corrected chi connectivity index (χ3v) is 8.97. The highest BCUT2D eigenvalue weighted by Gasteiger charge is 2.60. The van der Waals surface area contributed by atoms with Gasteiger partial charge in [0.15, 0.2) is 0 Å². The highest BCUT2D eigenvalue weighted by atomic mass is 28.3. The van der Waals surface area contributed by atoms with Gasteiger partial charge in [0.25, 0.3) is 0 Å². The largest absolute Gasteiger partial charge is 0.469 e. The molecule has 0 radical (unpaired) electrons. The van der Waals surface area contributed by atoms with Crippen LogP contribution >= 0.6 is 0 Å². The van der Waals surface area contributed by atoms with E-state index >= 15 is 0 Å². The Labute approximate surface area is 117 Å². The van der Waals surface area contributed by atoms with Gasteiger partial charge in [0.2, 0.25) is 0 Å². The van der Waals surface area contributed by atoms with Crippen LogP contribution in [0.3, 0.4) is 0 Å². The second kappa shape index (κ2) is 5.04. The first-order chi connectivity index (χ1) is 8.84. The maximum Gasteiger partial charge on any atom is 0.309 e. The molecule has 19 heavy (non-hydrogen) atoms. The summed E-state index contributed by atoms with van der Waals surface area (Å²) in [4.78, 5) is 24.8. The maximum atomic E-state index is 12.6. The van der Waals surface area contributed by atoms with E-state index in [1.54, 1.807) is 0 Å². The third kappa shape index (κ3) is 2.18. The molecule has 3 nitrogen and oxygen atoms in total. The van der Waals surface area contributed by atoms with Crippen LogP contribution in [0.1, 0.15) is 38.5 Å². The zero-order chi connectivity index (χ0) is 14.3. The quantitative estimate of drug-likeness (QED) is 0.576. The van der Waals surface area contributed by atoms with Gasteiger partial charge >= 0.3 is 5.97 Å². The van der Waals surface area contributed by atoms with Crippen LogP contribution in [0.25, 0.3) is 0 Å². The Bertz CT molecular complexity index is 385. The summed E-state index contributed by atoms with van der Waals surface area (Å²) in [7, 11) is -0.257. The number of fused-ring (bicyclic) bond motifs is 1. The minimum atomic E-state index is -1.76. The first-order valence-electron chi connectivity index (χ1n) is 7.45. The molecule has 0 amide bonds. The molecule has 3 atom stereocenters. The molecule has 0 heterocycles. The predicted octanol–water partition coefficient (Wildman–Crippen LogP) is 3.41. The zero-order valence-electron chi connectivity index (χ0n) is 12.6. The summed E-state index contributed by atoms with van der Waals surface area (Å²) >= 11 is 0. The standard InChI is InChI=1S/C15H26O3Si/c1-18-14(17)15(19(2,3)4)10-9-13(16)11-7-5-6-8-12(11)15/h11-12H,5-10H2,1-4H3. The van der Waals surface area contributed by atoms with Crippen LogP contribution in [0.15, 0.2) is 0 Å². The Hall–Kier alpha value is -0.643. The predicted molar refractivity (Wildman–Crippen MR) is 77.7 cm³/mol. The van der Waals surface area contributed by atoms with Crippen LogP contribution in [-0.2, 0) is 14.3 Å². The van der Waals surface area contributed by atoms with Crippen LogP contribution in [-0.4, -0.2) is 26.9 Å². The van der Waals surface area contributed by atoms with E-state index in [0.717, 1.165) is 32.1 Å². The van der Waals surface area contributed by atoms with Crippen molar-refractivity contribution in [3.63, 3.8) is 0 Å². The topological polar surface area (TPSA) is 43.4 Å². The van der Waals surface area contributed by atoms with Gasteiger partial charge in [0, 0.05) is 12.3 Å². The smallest absolute Gasteiger partial charge is 0.309 e. The number of methoxy groups -OCH3 is 1. The SMILES string of the molecule is COC(=O)C1([Si](C)(C)C)CCC(=O)C2CCCCC21.